The number of anilines is 1. The molecule has 0 atom stereocenters. The third-order valence-corrected chi connectivity index (χ3v) is 5.02. The van der Waals surface area contributed by atoms with Crippen LogP contribution in [0.1, 0.15) is 11.4 Å². The number of ether oxygens (including phenoxy) is 3. The summed E-state index contributed by atoms with van der Waals surface area (Å²) in [5.41, 5.74) is 2.16. The van der Waals surface area contributed by atoms with Crippen molar-refractivity contribution >= 4 is 16.7 Å². The molecule has 0 bridgehead atoms. The van der Waals surface area contributed by atoms with Crippen molar-refractivity contribution in [3.05, 3.63) is 53.9 Å². The number of aromatic nitrogens is 2. The summed E-state index contributed by atoms with van der Waals surface area (Å²) in [5, 5.41) is 0.975. The number of benzene rings is 2. The van der Waals surface area contributed by atoms with Gasteiger partial charge in [-0.05, 0) is 18.1 Å². The molecule has 0 spiro atoms. The topological polar surface area (TPSA) is 56.7 Å². The average Bonchev–Trinajstić information content (AvgIpc) is 2.77. The van der Waals surface area contributed by atoms with Crippen molar-refractivity contribution in [3.8, 4) is 11.5 Å². The molecule has 0 radical (unpaired) electrons. The van der Waals surface area contributed by atoms with E-state index in [1.54, 1.807) is 14.2 Å². The first-order valence-electron chi connectivity index (χ1n) is 9.58. The van der Waals surface area contributed by atoms with E-state index >= 15 is 0 Å². The van der Waals surface area contributed by atoms with Gasteiger partial charge in [-0.15, -0.1) is 0 Å². The Balaban J connectivity index is 1.75. The second-order valence-electron chi connectivity index (χ2n) is 6.77. The van der Waals surface area contributed by atoms with Crippen molar-refractivity contribution in [2.24, 2.45) is 0 Å². The Morgan fingerprint density at radius 1 is 0.929 bits per heavy atom. The zero-order valence-corrected chi connectivity index (χ0v) is 16.4. The molecule has 146 valence electrons. The summed E-state index contributed by atoms with van der Waals surface area (Å²) >= 11 is 0. The zero-order chi connectivity index (χ0) is 19.3. The van der Waals surface area contributed by atoms with Crippen molar-refractivity contribution < 1.29 is 14.2 Å². The van der Waals surface area contributed by atoms with E-state index in [2.05, 4.69) is 29.2 Å². The summed E-state index contributed by atoms with van der Waals surface area (Å²) in [4.78, 5) is 12.0. The molecule has 1 aliphatic rings. The Kier molecular flexibility index (Phi) is 5.58. The van der Waals surface area contributed by atoms with Crippen LogP contribution < -0.4 is 14.4 Å². The first-order valence-corrected chi connectivity index (χ1v) is 9.58. The number of fused-ring (bicyclic) bond motifs is 1. The van der Waals surface area contributed by atoms with Gasteiger partial charge < -0.3 is 19.1 Å². The van der Waals surface area contributed by atoms with Crippen LogP contribution in [0.25, 0.3) is 10.9 Å². The van der Waals surface area contributed by atoms with Crippen LogP contribution in [0.15, 0.2) is 42.5 Å². The number of aryl methyl sites for hydroxylation is 2. The molecule has 1 aliphatic heterocycles. The van der Waals surface area contributed by atoms with Gasteiger partial charge in [0, 0.05) is 31.0 Å². The highest BCUT2D eigenvalue weighted by atomic mass is 16.5. The van der Waals surface area contributed by atoms with Gasteiger partial charge in [0.15, 0.2) is 11.5 Å². The fraction of sp³-hybridized carbons (Fsp3) is 0.364. The van der Waals surface area contributed by atoms with Gasteiger partial charge in [0.2, 0.25) is 0 Å². The van der Waals surface area contributed by atoms with Crippen molar-refractivity contribution in [2.45, 2.75) is 12.8 Å². The molecule has 28 heavy (non-hydrogen) atoms. The molecule has 0 N–H and O–H groups in total. The van der Waals surface area contributed by atoms with E-state index in [-0.39, 0.29) is 0 Å². The molecular formula is C22H25N3O3. The smallest absolute Gasteiger partial charge is 0.162 e. The van der Waals surface area contributed by atoms with Crippen LogP contribution in [-0.2, 0) is 17.6 Å². The third-order valence-electron chi connectivity index (χ3n) is 5.02. The number of rotatable bonds is 6. The van der Waals surface area contributed by atoms with Gasteiger partial charge in [-0.1, -0.05) is 30.3 Å². The van der Waals surface area contributed by atoms with E-state index in [1.165, 1.54) is 5.56 Å². The molecule has 0 amide bonds. The second kappa shape index (κ2) is 8.44. The van der Waals surface area contributed by atoms with E-state index in [1.807, 2.05) is 18.2 Å². The Morgan fingerprint density at radius 2 is 1.64 bits per heavy atom. The van der Waals surface area contributed by atoms with Crippen molar-refractivity contribution in [1.82, 2.24) is 9.97 Å². The van der Waals surface area contributed by atoms with E-state index < -0.39 is 0 Å². The Bertz CT molecular complexity index is 941. The lowest BCUT2D eigenvalue weighted by atomic mass is 10.1. The van der Waals surface area contributed by atoms with Gasteiger partial charge in [0.25, 0.3) is 0 Å². The van der Waals surface area contributed by atoms with Gasteiger partial charge in [0.05, 0.1) is 33.0 Å². The molecule has 0 aliphatic carbocycles. The molecule has 0 saturated carbocycles. The Hall–Kier alpha value is -2.86. The van der Waals surface area contributed by atoms with Crippen molar-refractivity contribution in [2.75, 3.05) is 45.4 Å². The Labute approximate surface area is 165 Å². The van der Waals surface area contributed by atoms with Gasteiger partial charge >= 0.3 is 0 Å². The van der Waals surface area contributed by atoms with Gasteiger partial charge in [-0.3, -0.25) is 0 Å². The summed E-state index contributed by atoms with van der Waals surface area (Å²) in [7, 11) is 3.29. The normalized spacial score (nSPS) is 14.3. The summed E-state index contributed by atoms with van der Waals surface area (Å²) < 4.78 is 16.5. The van der Waals surface area contributed by atoms with Gasteiger partial charge in [0.1, 0.15) is 11.6 Å². The highest BCUT2D eigenvalue weighted by Crippen LogP contribution is 2.35. The number of methoxy groups -OCH3 is 2. The van der Waals surface area contributed by atoms with Gasteiger partial charge in [-0.25, -0.2) is 9.97 Å². The maximum Gasteiger partial charge on any atom is 0.162 e. The maximum atomic E-state index is 5.52. The molecule has 3 aromatic rings. The van der Waals surface area contributed by atoms with Crippen LogP contribution in [0.4, 0.5) is 5.82 Å². The van der Waals surface area contributed by atoms with Crippen LogP contribution >= 0.6 is 0 Å². The quantitative estimate of drug-likeness (QED) is 0.655. The van der Waals surface area contributed by atoms with Crippen LogP contribution in [0.5, 0.6) is 11.5 Å². The number of nitrogens with zero attached hydrogens (tertiary/aromatic N) is 3. The number of hydrogen-bond donors (Lipinski definition) is 0. The molecule has 6 heteroatoms. The standard InChI is InChI=1S/C22H25N3O3/c1-26-19-14-17-18(15-20(19)27-2)23-21(9-8-16-6-4-3-5-7-16)24-22(17)25-10-12-28-13-11-25/h3-7,14-15H,8-13H2,1-2H3. The predicted molar refractivity (Wildman–Crippen MR) is 110 cm³/mol. The molecule has 1 aromatic heterocycles. The molecule has 2 heterocycles. The van der Waals surface area contributed by atoms with Crippen LogP contribution in [-0.4, -0.2) is 50.5 Å². The van der Waals surface area contributed by atoms with E-state index in [4.69, 9.17) is 24.2 Å². The van der Waals surface area contributed by atoms with E-state index in [9.17, 15) is 0 Å². The maximum absolute atomic E-state index is 5.52. The summed E-state index contributed by atoms with van der Waals surface area (Å²) in [6, 6.07) is 14.3. The number of hydrogen-bond acceptors (Lipinski definition) is 6. The van der Waals surface area contributed by atoms with E-state index in [0.717, 1.165) is 48.5 Å². The first kappa shape index (κ1) is 18.5. The van der Waals surface area contributed by atoms with Gasteiger partial charge in [-0.2, -0.15) is 0 Å². The molecule has 2 aromatic carbocycles. The lowest BCUT2D eigenvalue weighted by Crippen LogP contribution is -2.37. The minimum Gasteiger partial charge on any atom is -0.493 e. The number of morpholine rings is 1. The van der Waals surface area contributed by atoms with Crippen LogP contribution in [0.3, 0.4) is 0 Å². The summed E-state index contributed by atoms with van der Waals surface area (Å²) in [5.74, 6) is 3.14. The summed E-state index contributed by atoms with van der Waals surface area (Å²) in [6.45, 7) is 3.05. The molecule has 0 unspecified atom stereocenters. The average molecular weight is 379 g/mol. The minimum atomic E-state index is 0.677. The molecule has 1 fully saturated rings. The molecular weight excluding hydrogens is 354 g/mol. The van der Waals surface area contributed by atoms with E-state index in [0.29, 0.717) is 24.7 Å². The summed E-state index contributed by atoms with van der Waals surface area (Å²) in [6.07, 6.45) is 1.69. The largest absolute Gasteiger partial charge is 0.493 e. The van der Waals surface area contributed by atoms with Crippen molar-refractivity contribution in [1.29, 1.82) is 0 Å². The lowest BCUT2D eigenvalue weighted by Gasteiger charge is -2.29. The molecule has 4 rings (SSSR count). The SMILES string of the molecule is COc1cc2nc(CCc3ccccc3)nc(N3CCOCC3)c2cc1OC. The highest BCUT2D eigenvalue weighted by Gasteiger charge is 2.19. The third kappa shape index (κ3) is 3.87. The lowest BCUT2D eigenvalue weighted by molar-refractivity contribution is 0.122. The van der Waals surface area contributed by atoms with Crippen LogP contribution in [0.2, 0.25) is 0 Å². The first-order chi connectivity index (χ1) is 13.8. The molecule has 6 nitrogen and oxygen atoms in total. The fourth-order valence-corrected chi connectivity index (χ4v) is 3.52. The highest BCUT2D eigenvalue weighted by molar-refractivity contribution is 5.92. The predicted octanol–water partition coefficient (Wildman–Crippen LogP) is 3.27. The minimum absolute atomic E-state index is 0.677. The fourth-order valence-electron chi connectivity index (χ4n) is 3.52. The van der Waals surface area contributed by atoms with Crippen LogP contribution in [0, 0.1) is 0 Å². The van der Waals surface area contributed by atoms with Crippen molar-refractivity contribution in [3.63, 3.8) is 0 Å². The molecule has 1 saturated heterocycles. The Morgan fingerprint density at radius 3 is 2.36 bits per heavy atom. The monoisotopic (exact) mass is 379 g/mol. The zero-order valence-electron chi connectivity index (χ0n) is 16.4. The second-order valence-corrected chi connectivity index (χ2v) is 6.77.